The summed E-state index contributed by atoms with van der Waals surface area (Å²) in [5.74, 6) is -1.37. The zero-order valence-corrected chi connectivity index (χ0v) is 14.5. The lowest BCUT2D eigenvalue weighted by Crippen LogP contribution is -2.35. The molecule has 0 atom stereocenters. The van der Waals surface area contributed by atoms with E-state index in [1.54, 1.807) is 12.1 Å². The number of para-hydroxylation sites is 1. The largest absolute Gasteiger partial charge is 0.507 e. The number of carbonyl (C=O) groups is 1. The molecule has 142 valence electrons. The van der Waals surface area contributed by atoms with E-state index in [1.165, 1.54) is 16.7 Å². The first-order chi connectivity index (χ1) is 13.0. The maximum atomic E-state index is 12.1. The van der Waals surface area contributed by atoms with Crippen LogP contribution in [0.1, 0.15) is 54.1 Å². The van der Waals surface area contributed by atoms with Crippen molar-refractivity contribution >= 4 is 12.1 Å². The number of nitrogens with one attached hydrogen (secondary N) is 2. The van der Waals surface area contributed by atoms with E-state index >= 15 is 0 Å². The number of phenolic OH excluding ortho intramolecular Hbond substituents is 1. The lowest BCUT2D eigenvalue weighted by molar-refractivity contribution is 0.0952. The maximum absolute atomic E-state index is 12.1. The van der Waals surface area contributed by atoms with Gasteiger partial charge in [-0.25, -0.2) is 10.2 Å². The first kappa shape index (κ1) is 18.4. The standard InChI is InChI=1S/C18H20N4O5/c23-14-9-5-4-8-12(14)16(25)21-19-10-13-15(24)20-18(27)22(17(13)26)11-6-2-1-3-7-11/h4-5,8-11,23,26H,1-3,6-7H2,(H,21,25)(H,20,24,27). The quantitative estimate of drug-likeness (QED) is 0.472. The molecule has 0 aliphatic heterocycles. The van der Waals surface area contributed by atoms with Gasteiger partial charge < -0.3 is 10.2 Å². The summed E-state index contributed by atoms with van der Waals surface area (Å²) in [6, 6.07) is 5.73. The van der Waals surface area contributed by atoms with Crippen LogP contribution in [-0.2, 0) is 0 Å². The Kier molecular flexibility index (Phi) is 5.39. The van der Waals surface area contributed by atoms with E-state index in [0.717, 1.165) is 38.3 Å². The first-order valence-electron chi connectivity index (χ1n) is 8.68. The monoisotopic (exact) mass is 372 g/mol. The Morgan fingerprint density at radius 2 is 1.89 bits per heavy atom. The molecule has 0 radical (unpaired) electrons. The van der Waals surface area contributed by atoms with E-state index < -0.39 is 23.0 Å². The molecule has 9 heteroatoms. The highest BCUT2D eigenvalue weighted by Crippen LogP contribution is 2.29. The van der Waals surface area contributed by atoms with E-state index in [0.29, 0.717) is 0 Å². The molecule has 1 aromatic carbocycles. The van der Waals surface area contributed by atoms with Crippen molar-refractivity contribution in [1.29, 1.82) is 0 Å². The molecule has 3 rings (SSSR count). The molecule has 2 aromatic rings. The summed E-state index contributed by atoms with van der Waals surface area (Å²) in [6.45, 7) is 0. The number of hydrogen-bond acceptors (Lipinski definition) is 6. The summed E-state index contributed by atoms with van der Waals surface area (Å²) in [5.41, 5.74) is 0.497. The molecule has 1 aromatic heterocycles. The Hall–Kier alpha value is -3.36. The smallest absolute Gasteiger partial charge is 0.331 e. The number of nitrogens with zero attached hydrogens (tertiary/aromatic N) is 2. The molecule has 1 amide bonds. The normalized spacial score (nSPS) is 15.1. The number of aromatic amines is 1. The number of rotatable bonds is 4. The fraction of sp³-hybridized carbons (Fsp3) is 0.333. The van der Waals surface area contributed by atoms with Crippen LogP contribution < -0.4 is 16.7 Å². The van der Waals surface area contributed by atoms with Crippen molar-refractivity contribution in [3.8, 4) is 11.6 Å². The minimum atomic E-state index is -0.801. The van der Waals surface area contributed by atoms with Crippen LogP contribution >= 0.6 is 0 Å². The third-order valence-electron chi connectivity index (χ3n) is 4.60. The number of aromatic hydroxyl groups is 2. The van der Waals surface area contributed by atoms with Crippen LogP contribution in [-0.4, -0.2) is 31.9 Å². The zero-order chi connectivity index (χ0) is 19.4. The molecular weight excluding hydrogens is 352 g/mol. The van der Waals surface area contributed by atoms with Gasteiger partial charge in [0.1, 0.15) is 11.3 Å². The second kappa shape index (κ2) is 7.90. The lowest BCUT2D eigenvalue weighted by Gasteiger charge is -2.24. The molecule has 27 heavy (non-hydrogen) atoms. The molecule has 1 fully saturated rings. The summed E-state index contributed by atoms with van der Waals surface area (Å²) < 4.78 is 1.17. The van der Waals surface area contributed by atoms with Crippen LogP contribution in [0.25, 0.3) is 0 Å². The van der Waals surface area contributed by atoms with Gasteiger partial charge in [0.25, 0.3) is 11.5 Å². The molecule has 0 unspecified atom stereocenters. The van der Waals surface area contributed by atoms with E-state index in [2.05, 4.69) is 15.5 Å². The van der Waals surface area contributed by atoms with Crippen molar-refractivity contribution < 1.29 is 15.0 Å². The molecule has 4 N–H and O–H groups in total. The number of amides is 1. The minimum Gasteiger partial charge on any atom is -0.507 e. The summed E-state index contributed by atoms with van der Waals surface area (Å²) >= 11 is 0. The van der Waals surface area contributed by atoms with Gasteiger partial charge in [-0.2, -0.15) is 5.10 Å². The highest BCUT2D eigenvalue weighted by molar-refractivity contribution is 5.97. The average molecular weight is 372 g/mol. The molecule has 1 saturated carbocycles. The molecule has 9 nitrogen and oxygen atoms in total. The topological polar surface area (TPSA) is 137 Å². The molecule has 1 aliphatic carbocycles. The molecule has 0 spiro atoms. The van der Waals surface area contributed by atoms with Gasteiger partial charge in [-0.3, -0.25) is 19.1 Å². The molecule has 0 saturated heterocycles. The van der Waals surface area contributed by atoms with Crippen LogP contribution in [0.15, 0.2) is 39.0 Å². The number of carbonyl (C=O) groups excluding carboxylic acids is 1. The lowest BCUT2D eigenvalue weighted by atomic mass is 9.95. The van der Waals surface area contributed by atoms with Crippen molar-refractivity contribution in [2.45, 2.75) is 38.1 Å². The van der Waals surface area contributed by atoms with Crippen molar-refractivity contribution in [2.24, 2.45) is 5.10 Å². The predicted molar refractivity (Wildman–Crippen MR) is 98.3 cm³/mol. The number of H-pyrrole nitrogens is 1. The first-order valence-corrected chi connectivity index (χ1v) is 8.68. The Bertz CT molecular complexity index is 986. The van der Waals surface area contributed by atoms with Gasteiger partial charge in [-0.05, 0) is 25.0 Å². The molecule has 0 bridgehead atoms. The zero-order valence-electron chi connectivity index (χ0n) is 14.5. The number of hydrogen-bond donors (Lipinski definition) is 4. The number of phenols is 1. The molecule has 1 heterocycles. The van der Waals surface area contributed by atoms with Crippen LogP contribution in [0.3, 0.4) is 0 Å². The van der Waals surface area contributed by atoms with Crippen molar-refractivity contribution in [1.82, 2.24) is 15.0 Å². The van der Waals surface area contributed by atoms with Crippen LogP contribution in [0.4, 0.5) is 0 Å². The summed E-state index contributed by atoms with van der Waals surface area (Å²) in [6.07, 6.45) is 5.40. The summed E-state index contributed by atoms with van der Waals surface area (Å²) in [5, 5.41) is 23.7. The van der Waals surface area contributed by atoms with Crippen LogP contribution in [0, 0.1) is 0 Å². The number of benzene rings is 1. The van der Waals surface area contributed by atoms with Gasteiger partial charge in [0.05, 0.1) is 11.8 Å². The third kappa shape index (κ3) is 3.91. The van der Waals surface area contributed by atoms with Crippen LogP contribution in [0.2, 0.25) is 0 Å². The second-order valence-corrected chi connectivity index (χ2v) is 6.37. The highest BCUT2D eigenvalue weighted by Gasteiger charge is 2.22. The van der Waals surface area contributed by atoms with Gasteiger partial charge in [0.15, 0.2) is 0 Å². The summed E-state index contributed by atoms with van der Waals surface area (Å²) in [4.78, 5) is 38.3. The van der Waals surface area contributed by atoms with E-state index in [1.807, 2.05) is 0 Å². The molecule has 1 aliphatic rings. The van der Waals surface area contributed by atoms with Crippen molar-refractivity contribution in [3.05, 3.63) is 56.2 Å². The fourth-order valence-electron chi connectivity index (χ4n) is 3.23. The third-order valence-corrected chi connectivity index (χ3v) is 4.60. The van der Waals surface area contributed by atoms with Gasteiger partial charge in [-0.1, -0.05) is 31.4 Å². The van der Waals surface area contributed by atoms with Gasteiger partial charge >= 0.3 is 5.69 Å². The Morgan fingerprint density at radius 3 is 2.59 bits per heavy atom. The Morgan fingerprint density at radius 1 is 1.19 bits per heavy atom. The minimum absolute atomic E-state index is 0.0138. The van der Waals surface area contributed by atoms with Gasteiger partial charge in [0, 0.05) is 6.04 Å². The van der Waals surface area contributed by atoms with E-state index in [-0.39, 0.29) is 22.9 Å². The predicted octanol–water partition coefficient (Wildman–Crippen LogP) is 1.22. The van der Waals surface area contributed by atoms with Crippen molar-refractivity contribution in [2.75, 3.05) is 0 Å². The average Bonchev–Trinajstić information content (AvgIpc) is 2.65. The van der Waals surface area contributed by atoms with E-state index in [4.69, 9.17) is 0 Å². The van der Waals surface area contributed by atoms with Gasteiger partial charge in [0.2, 0.25) is 5.88 Å². The van der Waals surface area contributed by atoms with E-state index in [9.17, 15) is 24.6 Å². The Labute approximate surface area is 154 Å². The fourth-order valence-corrected chi connectivity index (χ4v) is 3.23. The van der Waals surface area contributed by atoms with Crippen molar-refractivity contribution in [3.63, 3.8) is 0 Å². The summed E-state index contributed by atoms with van der Waals surface area (Å²) in [7, 11) is 0. The highest BCUT2D eigenvalue weighted by atomic mass is 16.3. The number of aromatic nitrogens is 2. The SMILES string of the molecule is O=C(NN=Cc1c(O)n(C2CCCCC2)c(=O)[nH]c1=O)c1ccccc1O. The second-order valence-electron chi connectivity index (χ2n) is 6.37. The van der Waals surface area contributed by atoms with Gasteiger partial charge in [-0.15, -0.1) is 0 Å². The molecular formula is C18H20N4O5. The van der Waals surface area contributed by atoms with Crippen LogP contribution in [0.5, 0.6) is 11.6 Å². The Balaban J connectivity index is 1.85. The number of hydrazone groups is 1. The maximum Gasteiger partial charge on any atom is 0.331 e.